The number of nitrogens with zero attached hydrogens (tertiary/aromatic N) is 4. The maximum absolute atomic E-state index is 11.4. The molecule has 4 rings (SSSR count). The van der Waals surface area contributed by atoms with E-state index in [-0.39, 0.29) is 0 Å². The Kier molecular flexibility index (Phi) is 2.95. The zero-order chi connectivity index (χ0) is 14.4. The molecule has 1 aliphatic heterocycles. The summed E-state index contributed by atoms with van der Waals surface area (Å²) >= 11 is 1.65. The number of aryl methyl sites for hydroxylation is 1. The van der Waals surface area contributed by atoms with Gasteiger partial charge in [0, 0.05) is 30.4 Å². The molecule has 0 fully saturated rings. The van der Waals surface area contributed by atoms with Crippen LogP contribution in [0.3, 0.4) is 0 Å². The molecular weight excluding hydrogens is 288 g/mol. The molecule has 2 aromatic heterocycles. The average Bonchev–Trinajstić information content (AvgIpc) is 3.11. The van der Waals surface area contributed by atoms with Crippen LogP contribution >= 0.6 is 11.3 Å². The fourth-order valence-corrected chi connectivity index (χ4v) is 4.31. The van der Waals surface area contributed by atoms with Gasteiger partial charge in [-0.3, -0.25) is 4.79 Å². The first-order chi connectivity index (χ1) is 10.2. The normalized spacial score (nSPS) is 21.0. The molecule has 7 heteroatoms. The van der Waals surface area contributed by atoms with Crippen LogP contribution < -0.4 is 4.90 Å². The van der Waals surface area contributed by atoms with Gasteiger partial charge < -0.3 is 14.6 Å². The Labute approximate surface area is 126 Å². The van der Waals surface area contributed by atoms with E-state index in [1.807, 2.05) is 12.4 Å². The van der Waals surface area contributed by atoms with E-state index in [1.54, 1.807) is 11.3 Å². The Bertz CT molecular complexity index is 693. The van der Waals surface area contributed by atoms with Gasteiger partial charge in [0.15, 0.2) is 5.13 Å². The van der Waals surface area contributed by atoms with Crippen molar-refractivity contribution in [2.24, 2.45) is 0 Å². The van der Waals surface area contributed by atoms with Crippen molar-refractivity contribution < 1.29 is 9.90 Å². The zero-order valence-corrected chi connectivity index (χ0v) is 12.3. The summed E-state index contributed by atoms with van der Waals surface area (Å²) < 4.78 is 2.16. The molecule has 0 bridgehead atoms. The summed E-state index contributed by atoms with van der Waals surface area (Å²) in [5.41, 5.74) is 0.794. The lowest BCUT2D eigenvalue weighted by atomic mass is 9.91. The summed E-state index contributed by atoms with van der Waals surface area (Å²) in [5, 5.41) is 10.3. The molecule has 0 saturated carbocycles. The zero-order valence-electron chi connectivity index (χ0n) is 11.5. The number of imidazole rings is 1. The lowest BCUT2D eigenvalue weighted by Gasteiger charge is -2.27. The molecule has 0 saturated heterocycles. The van der Waals surface area contributed by atoms with Crippen molar-refractivity contribution in [3.8, 4) is 0 Å². The molecule has 1 atom stereocenters. The number of thiazole rings is 1. The molecule has 6 nitrogen and oxygen atoms in total. The molecule has 1 unspecified atom stereocenters. The van der Waals surface area contributed by atoms with Crippen molar-refractivity contribution in [2.45, 2.75) is 38.3 Å². The fourth-order valence-electron chi connectivity index (χ4n) is 3.12. The highest BCUT2D eigenvalue weighted by Crippen LogP contribution is 2.38. The summed E-state index contributed by atoms with van der Waals surface area (Å²) in [6.07, 6.45) is 6.43. The van der Waals surface area contributed by atoms with Crippen molar-refractivity contribution in [3.05, 3.63) is 28.8 Å². The molecule has 2 aliphatic rings. The first-order valence-electron chi connectivity index (χ1n) is 7.20. The number of carbonyl (C=O) groups is 1. The minimum atomic E-state index is -0.748. The van der Waals surface area contributed by atoms with Crippen LogP contribution in [0.1, 0.15) is 35.2 Å². The minimum absolute atomic E-state index is 0.425. The number of carboxylic acid groups (broad SMARTS) is 1. The summed E-state index contributed by atoms with van der Waals surface area (Å²) in [6, 6.07) is 0. The first-order valence-corrected chi connectivity index (χ1v) is 8.01. The second-order valence-electron chi connectivity index (χ2n) is 5.55. The van der Waals surface area contributed by atoms with Crippen LogP contribution in [0.15, 0.2) is 12.4 Å². The van der Waals surface area contributed by atoms with E-state index >= 15 is 0 Å². The molecule has 2 aromatic rings. The molecule has 1 N–H and O–H groups in total. The number of rotatable bonds is 2. The summed E-state index contributed by atoms with van der Waals surface area (Å²) in [6.45, 7) is 2.55. The summed E-state index contributed by atoms with van der Waals surface area (Å²) in [7, 11) is 0. The lowest BCUT2D eigenvalue weighted by molar-refractivity contribution is -0.139. The van der Waals surface area contributed by atoms with Gasteiger partial charge in [-0.25, -0.2) is 9.97 Å². The van der Waals surface area contributed by atoms with Crippen LogP contribution in [0, 0.1) is 0 Å². The number of aromatic nitrogens is 3. The second-order valence-corrected chi connectivity index (χ2v) is 6.61. The number of anilines is 1. The molecule has 3 heterocycles. The number of hydrogen-bond acceptors (Lipinski definition) is 5. The van der Waals surface area contributed by atoms with Gasteiger partial charge in [0.05, 0.1) is 12.2 Å². The van der Waals surface area contributed by atoms with Gasteiger partial charge in [-0.1, -0.05) is 0 Å². The highest BCUT2D eigenvalue weighted by atomic mass is 32.1. The van der Waals surface area contributed by atoms with Gasteiger partial charge in [-0.2, -0.15) is 0 Å². The summed E-state index contributed by atoms with van der Waals surface area (Å²) in [4.78, 5) is 23.8. The van der Waals surface area contributed by atoms with E-state index in [4.69, 9.17) is 0 Å². The Morgan fingerprint density at radius 3 is 3.19 bits per heavy atom. The topological polar surface area (TPSA) is 71.2 Å². The monoisotopic (exact) mass is 304 g/mol. The van der Waals surface area contributed by atoms with E-state index < -0.39 is 11.9 Å². The second kappa shape index (κ2) is 4.84. The third kappa shape index (κ3) is 2.12. The van der Waals surface area contributed by atoms with Gasteiger partial charge in [0.1, 0.15) is 11.7 Å². The molecule has 0 spiro atoms. The predicted octanol–water partition coefficient (Wildman–Crippen LogP) is 1.86. The van der Waals surface area contributed by atoms with Crippen LogP contribution in [-0.2, 0) is 24.3 Å². The quantitative estimate of drug-likeness (QED) is 0.917. The predicted molar refractivity (Wildman–Crippen MR) is 78.7 cm³/mol. The standard InChI is InChI=1S/C14H16N4O2S/c19-13(20)9-2-1-3-10-12(9)16-14(21-10)18-7-6-17-5-4-15-11(17)8-18/h4-5,9H,1-3,6-8H2,(H,19,20). The molecule has 1 aliphatic carbocycles. The maximum atomic E-state index is 11.4. The van der Waals surface area contributed by atoms with Gasteiger partial charge in [0.2, 0.25) is 0 Å². The molecule has 0 aromatic carbocycles. The number of hydrogen-bond donors (Lipinski definition) is 1. The van der Waals surface area contributed by atoms with Gasteiger partial charge >= 0.3 is 5.97 Å². The molecule has 110 valence electrons. The van der Waals surface area contributed by atoms with Crippen molar-refractivity contribution in [2.75, 3.05) is 11.4 Å². The van der Waals surface area contributed by atoms with Crippen LogP contribution in [0.4, 0.5) is 5.13 Å². The Balaban J connectivity index is 1.64. The SMILES string of the molecule is O=C(O)C1CCCc2sc(N3CCn4ccnc4C3)nc21. The van der Waals surface area contributed by atoms with Gasteiger partial charge in [0.25, 0.3) is 0 Å². The molecule has 21 heavy (non-hydrogen) atoms. The number of carboxylic acids is 1. The number of fused-ring (bicyclic) bond motifs is 2. The largest absolute Gasteiger partial charge is 0.481 e. The van der Waals surface area contributed by atoms with Crippen molar-refractivity contribution >= 4 is 22.4 Å². The summed E-state index contributed by atoms with van der Waals surface area (Å²) in [5.74, 6) is -0.128. The Morgan fingerprint density at radius 1 is 1.43 bits per heavy atom. The van der Waals surface area contributed by atoms with Gasteiger partial charge in [-0.05, 0) is 19.3 Å². The van der Waals surface area contributed by atoms with Crippen molar-refractivity contribution in [1.29, 1.82) is 0 Å². The third-order valence-corrected chi connectivity index (χ3v) is 5.45. The van der Waals surface area contributed by atoms with Crippen molar-refractivity contribution in [1.82, 2.24) is 14.5 Å². The highest BCUT2D eigenvalue weighted by molar-refractivity contribution is 7.15. The van der Waals surface area contributed by atoms with E-state index in [0.29, 0.717) is 6.42 Å². The van der Waals surface area contributed by atoms with Crippen molar-refractivity contribution in [3.63, 3.8) is 0 Å². The van der Waals surface area contributed by atoms with Crippen LogP contribution in [0.2, 0.25) is 0 Å². The molecular formula is C14H16N4O2S. The average molecular weight is 304 g/mol. The molecule has 0 radical (unpaired) electrons. The Hall–Kier alpha value is -1.89. The third-order valence-electron chi connectivity index (χ3n) is 4.26. The van der Waals surface area contributed by atoms with Crippen LogP contribution in [0.25, 0.3) is 0 Å². The molecule has 0 amide bonds. The highest BCUT2D eigenvalue weighted by Gasteiger charge is 2.31. The van der Waals surface area contributed by atoms with E-state index in [0.717, 1.165) is 54.0 Å². The van der Waals surface area contributed by atoms with E-state index in [9.17, 15) is 9.90 Å². The van der Waals surface area contributed by atoms with Crippen LogP contribution in [-0.4, -0.2) is 32.2 Å². The minimum Gasteiger partial charge on any atom is -0.481 e. The fraction of sp³-hybridized carbons (Fsp3) is 0.500. The Morgan fingerprint density at radius 2 is 2.33 bits per heavy atom. The number of aliphatic carboxylic acids is 1. The smallest absolute Gasteiger partial charge is 0.312 e. The lowest BCUT2D eigenvalue weighted by Crippen LogP contribution is -2.33. The van der Waals surface area contributed by atoms with Crippen LogP contribution in [0.5, 0.6) is 0 Å². The maximum Gasteiger partial charge on any atom is 0.312 e. The first kappa shape index (κ1) is 12.8. The van der Waals surface area contributed by atoms with E-state index in [2.05, 4.69) is 19.4 Å². The van der Waals surface area contributed by atoms with Gasteiger partial charge in [-0.15, -0.1) is 11.3 Å². The van der Waals surface area contributed by atoms with E-state index in [1.165, 1.54) is 0 Å².